The van der Waals surface area contributed by atoms with E-state index in [4.69, 9.17) is 38.8 Å². The van der Waals surface area contributed by atoms with E-state index in [1.807, 2.05) is 0 Å². The number of aromatic amines is 1. The number of nitrogens with two attached hydrogens (primary N) is 1. The number of aromatic hydroxyl groups is 1. The molecule has 1 aliphatic rings. The second-order valence-electron chi connectivity index (χ2n) is 7.32. The van der Waals surface area contributed by atoms with Crippen LogP contribution >= 0.6 is 23.2 Å². The van der Waals surface area contributed by atoms with E-state index < -0.39 is 24.0 Å². The Bertz CT molecular complexity index is 1100. The van der Waals surface area contributed by atoms with E-state index in [1.54, 1.807) is 4.90 Å². The third-order valence-electron chi connectivity index (χ3n) is 5.12. The fraction of sp³-hybridized carbons (Fsp3) is 0.350. The van der Waals surface area contributed by atoms with Gasteiger partial charge in [0.05, 0.1) is 15.6 Å². The number of pyridine rings is 1. The van der Waals surface area contributed by atoms with E-state index in [9.17, 15) is 32.3 Å². The minimum atomic E-state index is -5.08. The van der Waals surface area contributed by atoms with Gasteiger partial charge in [-0.3, -0.25) is 9.59 Å². The quantitative estimate of drug-likeness (QED) is 0.354. The number of aliphatic carboxylic acids is 1. The molecule has 34 heavy (non-hydrogen) atoms. The molecule has 0 radical (unpaired) electrons. The van der Waals surface area contributed by atoms with Crippen LogP contribution in [0.3, 0.4) is 0 Å². The van der Waals surface area contributed by atoms with Crippen molar-refractivity contribution in [2.45, 2.75) is 25.1 Å². The predicted octanol–water partition coefficient (Wildman–Crippen LogP) is 3.71. The number of H-pyrrole nitrogens is 1. The Morgan fingerprint density at radius 1 is 1.21 bits per heavy atom. The number of alkyl halides is 3. The standard InChI is InChI=1S/C18H18Cl2FN3O3.C2HF3O2/c19-11-7-12(25)14(16(21)15(11)20)17(22)9-3-5-24(6-4-9)18(27)10-1-2-13(26)23-8-10;3-2(4,5)1(6)7/h1-2,7-9,17,25H,3-6,22H2,(H,23,26);(H,6,7)/t17-;/m1./s1. The molecule has 0 bridgehead atoms. The average molecular weight is 528 g/mol. The van der Waals surface area contributed by atoms with Crippen molar-refractivity contribution in [2.75, 3.05) is 13.1 Å². The number of piperidine rings is 1. The molecule has 1 amide bonds. The van der Waals surface area contributed by atoms with E-state index >= 15 is 0 Å². The molecule has 2 heterocycles. The highest BCUT2D eigenvalue weighted by molar-refractivity contribution is 6.42. The lowest BCUT2D eigenvalue weighted by molar-refractivity contribution is -0.192. The first-order chi connectivity index (χ1) is 15.7. The minimum absolute atomic E-state index is 0.0604. The minimum Gasteiger partial charge on any atom is -0.507 e. The normalized spacial score (nSPS) is 15.3. The maximum Gasteiger partial charge on any atom is 0.490 e. The number of nitrogens with zero attached hydrogens (tertiary/aromatic N) is 1. The van der Waals surface area contributed by atoms with Crippen molar-refractivity contribution in [3.8, 4) is 5.75 Å². The third-order valence-corrected chi connectivity index (χ3v) is 5.88. The molecule has 1 aromatic heterocycles. The topological polar surface area (TPSA) is 137 Å². The van der Waals surface area contributed by atoms with Crippen LogP contribution in [0, 0.1) is 11.7 Å². The molecule has 0 spiro atoms. The number of hydrogen-bond acceptors (Lipinski definition) is 5. The van der Waals surface area contributed by atoms with Gasteiger partial charge in [-0.15, -0.1) is 0 Å². The predicted molar refractivity (Wildman–Crippen MR) is 114 cm³/mol. The van der Waals surface area contributed by atoms with Gasteiger partial charge < -0.3 is 25.8 Å². The summed E-state index contributed by atoms with van der Waals surface area (Å²) in [5.41, 5.74) is 6.25. The van der Waals surface area contributed by atoms with Gasteiger partial charge in [0.1, 0.15) is 5.75 Å². The van der Waals surface area contributed by atoms with Crippen molar-refractivity contribution < 1.29 is 37.4 Å². The summed E-state index contributed by atoms with van der Waals surface area (Å²) in [6.45, 7) is 0.861. The molecular weight excluding hydrogens is 509 g/mol. The van der Waals surface area contributed by atoms with Crippen LogP contribution in [0.2, 0.25) is 10.0 Å². The summed E-state index contributed by atoms with van der Waals surface area (Å²) in [6, 6.07) is 3.18. The van der Waals surface area contributed by atoms with Gasteiger partial charge in [0.25, 0.3) is 5.91 Å². The summed E-state index contributed by atoms with van der Waals surface area (Å²) < 4.78 is 46.2. The Kier molecular flexibility index (Phi) is 8.92. The molecule has 1 aliphatic heterocycles. The van der Waals surface area contributed by atoms with Gasteiger partial charge in [-0.05, 0) is 24.8 Å². The van der Waals surface area contributed by atoms with Crippen molar-refractivity contribution in [1.82, 2.24) is 9.88 Å². The summed E-state index contributed by atoms with van der Waals surface area (Å²) in [5.74, 6) is -4.24. The van der Waals surface area contributed by atoms with Crippen LogP contribution in [0.4, 0.5) is 17.6 Å². The molecular formula is C20H19Cl2F4N3O5. The molecule has 186 valence electrons. The number of benzene rings is 1. The van der Waals surface area contributed by atoms with Crippen molar-refractivity contribution in [2.24, 2.45) is 11.7 Å². The average Bonchev–Trinajstić information content (AvgIpc) is 2.77. The monoisotopic (exact) mass is 527 g/mol. The maximum absolute atomic E-state index is 14.4. The zero-order valence-corrected chi connectivity index (χ0v) is 18.7. The van der Waals surface area contributed by atoms with E-state index in [0.29, 0.717) is 31.5 Å². The Hall–Kier alpha value is -2.83. The Morgan fingerprint density at radius 3 is 2.24 bits per heavy atom. The van der Waals surface area contributed by atoms with E-state index in [2.05, 4.69) is 4.98 Å². The summed E-state index contributed by atoms with van der Waals surface area (Å²) in [6.07, 6.45) is -2.63. The largest absolute Gasteiger partial charge is 0.507 e. The van der Waals surface area contributed by atoms with Gasteiger partial charge in [-0.25, -0.2) is 9.18 Å². The summed E-state index contributed by atoms with van der Waals surface area (Å²) >= 11 is 11.6. The Labute approximate surface area is 199 Å². The van der Waals surface area contributed by atoms with Crippen LogP contribution in [0.1, 0.15) is 34.8 Å². The van der Waals surface area contributed by atoms with E-state index in [1.165, 1.54) is 24.4 Å². The number of hydrogen-bond donors (Lipinski definition) is 4. The fourth-order valence-electron chi connectivity index (χ4n) is 3.34. The zero-order valence-electron chi connectivity index (χ0n) is 17.2. The lowest BCUT2D eigenvalue weighted by atomic mass is 9.85. The number of halogens is 6. The smallest absolute Gasteiger partial charge is 0.490 e. The van der Waals surface area contributed by atoms with Crippen LogP contribution in [-0.2, 0) is 4.79 Å². The number of phenols is 1. The molecule has 1 saturated heterocycles. The summed E-state index contributed by atoms with van der Waals surface area (Å²) in [4.78, 5) is 36.6. The van der Waals surface area contributed by atoms with Gasteiger partial charge >= 0.3 is 12.1 Å². The number of carboxylic acids is 1. The summed E-state index contributed by atoms with van der Waals surface area (Å²) in [7, 11) is 0. The highest BCUT2D eigenvalue weighted by Gasteiger charge is 2.38. The molecule has 0 unspecified atom stereocenters. The lowest BCUT2D eigenvalue weighted by Gasteiger charge is -2.35. The Morgan fingerprint density at radius 2 is 1.76 bits per heavy atom. The van der Waals surface area contributed by atoms with Gasteiger partial charge in [0, 0.05) is 43.0 Å². The third kappa shape index (κ3) is 6.61. The van der Waals surface area contributed by atoms with E-state index in [-0.39, 0.29) is 38.7 Å². The van der Waals surface area contributed by atoms with Crippen LogP contribution in [0.25, 0.3) is 0 Å². The van der Waals surface area contributed by atoms with Crippen molar-refractivity contribution in [3.05, 3.63) is 61.7 Å². The SMILES string of the molecule is N[C@@H](c1c(O)cc(Cl)c(Cl)c1F)C1CCN(C(=O)c2ccc(=O)[nH]c2)CC1.O=C(O)C(F)(F)F. The van der Waals surface area contributed by atoms with Crippen molar-refractivity contribution >= 4 is 35.1 Å². The molecule has 14 heteroatoms. The van der Waals surface area contributed by atoms with Crippen molar-refractivity contribution in [3.63, 3.8) is 0 Å². The number of carboxylic acid groups (broad SMARTS) is 1. The van der Waals surface area contributed by atoms with E-state index in [0.717, 1.165) is 0 Å². The highest BCUT2D eigenvalue weighted by atomic mass is 35.5. The number of amides is 1. The molecule has 3 rings (SSSR count). The second-order valence-corrected chi connectivity index (χ2v) is 8.10. The molecule has 0 aliphatic carbocycles. The first-order valence-electron chi connectivity index (χ1n) is 9.64. The number of aromatic nitrogens is 1. The van der Waals surface area contributed by atoms with Crippen LogP contribution < -0.4 is 11.3 Å². The lowest BCUT2D eigenvalue weighted by Crippen LogP contribution is -2.41. The second kappa shape index (κ2) is 11.1. The van der Waals surface area contributed by atoms with Crippen molar-refractivity contribution in [1.29, 1.82) is 0 Å². The van der Waals surface area contributed by atoms with Crippen LogP contribution in [-0.4, -0.2) is 51.2 Å². The summed E-state index contributed by atoms with van der Waals surface area (Å²) in [5, 5.41) is 16.8. The maximum atomic E-state index is 14.4. The first-order valence-corrected chi connectivity index (χ1v) is 10.4. The number of rotatable bonds is 3. The number of carbonyl (C=O) groups excluding carboxylic acids is 1. The number of likely N-dealkylation sites (tertiary alicyclic amines) is 1. The molecule has 0 saturated carbocycles. The zero-order chi connectivity index (χ0) is 25.8. The highest BCUT2D eigenvalue weighted by Crippen LogP contribution is 2.40. The van der Waals surface area contributed by atoms with Gasteiger partial charge in [0.15, 0.2) is 5.82 Å². The Balaban J connectivity index is 0.000000509. The molecule has 2 aromatic rings. The molecule has 1 fully saturated rings. The van der Waals surface area contributed by atoms with Gasteiger partial charge in [-0.2, -0.15) is 13.2 Å². The van der Waals surface area contributed by atoms with Crippen LogP contribution in [0.5, 0.6) is 5.75 Å². The van der Waals surface area contributed by atoms with Crippen LogP contribution in [0.15, 0.2) is 29.2 Å². The van der Waals surface area contributed by atoms with Gasteiger partial charge in [-0.1, -0.05) is 23.2 Å². The molecule has 8 nitrogen and oxygen atoms in total. The molecule has 1 atom stereocenters. The number of carbonyl (C=O) groups is 2. The number of phenolic OH excluding ortho intramolecular Hbond substituents is 1. The molecule has 5 N–H and O–H groups in total. The van der Waals surface area contributed by atoms with Gasteiger partial charge in [0.2, 0.25) is 5.56 Å². The fourth-order valence-corrected chi connectivity index (χ4v) is 3.68. The number of nitrogens with one attached hydrogen (secondary N) is 1. The first kappa shape index (κ1) is 27.4. The molecule has 1 aromatic carbocycles.